The largest absolute Gasteiger partial charge is 0.493 e. The molecule has 1 unspecified atom stereocenters. The minimum absolute atomic E-state index is 0.203. The van der Waals surface area contributed by atoms with E-state index in [1.54, 1.807) is 0 Å². The van der Waals surface area contributed by atoms with Crippen molar-refractivity contribution in [3.05, 3.63) is 27.7 Å². The second-order valence-electron chi connectivity index (χ2n) is 6.17. The van der Waals surface area contributed by atoms with E-state index in [2.05, 4.69) is 48.8 Å². The first-order valence-corrected chi connectivity index (χ1v) is 7.36. The lowest BCUT2D eigenvalue weighted by Crippen LogP contribution is -2.26. The molecule has 0 radical (unpaired) electrons. The number of ether oxygens (including phenoxy) is 1. The monoisotopic (exact) mass is 311 g/mol. The number of halogens is 1. The second kappa shape index (κ2) is 5.22. The number of nitrogens with two attached hydrogens (primary N) is 1. The fourth-order valence-corrected chi connectivity index (χ4v) is 3.49. The van der Waals surface area contributed by atoms with Crippen LogP contribution in [0.2, 0.25) is 0 Å². The summed E-state index contributed by atoms with van der Waals surface area (Å²) in [5.74, 6) is 1.11. The minimum Gasteiger partial charge on any atom is -0.493 e. The molecule has 0 aliphatic carbocycles. The average molecular weight is 312 g/mol. The van der Waals surface area contributed by atoms with E-state index in [0.29, 0.717) is 0 Å². The molecule has 0 bridgehead atoms. The van der Waals surface area contributed by atoms with Crippen molar-refractivity contribution >= 4 is 15.9 Å². The lowest BCUT2D eigenvalue weighted by molar-refractivity contribution is 0.299. The minimum atomic E-state index is 0.203. The Bertz CT molecular complexity index is 440. The van der Waals surface area contributed by atoms with Gasteiger partial charge in [0, 0.05) is 16.9 Å². The first-order valence-electron chi connectivity index (χ1n) is 6.57. The van der Waals surface area contributed by atoms with Crippen molar-refractivity contribution in [1.82, 2.24) is 0 Å². The van der Waals surface area contributed by atoms with Crippen LogP contribution in [0.3, 0.4) is 0 Å². The normalized spacial score (nSPS) is 16.3. The molecule has 0 saturated carbocycles. The molecule has 0 fully saturated rings. The van der Waals surface area contributed by atoms with Gasteiger partial charge in [-0.1, -0.05) is 29.8 Å². The second-order valence-corrected chi connectivity index (χ2v) is 7.09. The molecule has 2 rings (SSSR count). The Hall–Kier alpha value is -0.540. The Morgan fingerprint density at radius 3 is 2.83 bits per heavy atom. The van der Waals surface area contributed by atoms with Crippen molar-refractivity contribution in [3.63, 3.8) is 0 Å². The molecule has 2 N–H and O–H groups in total. The van der Waals surface area contributed by atoms with Crippen LogP contribution in [0, 0.1) is 5.41 Å². The Morgan fingerprint density at radius 2 is 2.17 bits per heavy atom. The summed E-state index contributed by atoms with van der Waals surface area (Å²) in [4.78, 5) is 0. The summed E-state index contributed by atoms with van der Waals surface area (Å²) in [6.07, 6.45) is 3.06. The van der Waals surface area contributed by atoms with Gasteiger partial charge in [0.15, 0.2) is 0 Å². The first kappa shape index (κ1) is 13.9. The summed E-state index contributed by atoms with van der Waals surface area (Å²) >= 11 is 3.59. The fourth-order valence-electron chi connectivity index (χ4n) is 2.94. The van der Waals surface area contributed by atoms with Crippen LogP contribution in [-0.4, -0.2) is 12.6 Å². The SMILES string of the molecule is CC(N)CC(C)(C)Cc1cc(Br)cc2c1OCC2. The summed E-state index contributed by atoms with van der Waals surface area (Å²) < 4.78 is 6.93. The van der Waals surface area contributed by atoms with Crippen LogP contribution in [-0.2, 0) is 12.8 Å². The number of rotatable bonds is 4. The van der Waals surface area contributed by atoms with Gasteiger partial charge >= 0.3 is 0 Å². The molecule has 0 amide bonds. The van der Waals surface area contributed by atoms with E-state index in [9.17, 15) is 0 Å². The van der Waals surface area contributed by atoms with Crippen LogP contribution < -0.4 is 10.5 Å². The number of hydrogen-bond donors (Lipinski definition) is 1. The third-order valence-corrected chi connectivity index (χ3v) is 3.83. The molecule has 3 heteroatoms. The van der Waals surface area contributed by atoms with E-state index < -0.39 is 0 Å². The first-order chi connectivity index (χ1) is 8.37. The van der Waals surface area contributed by atoms with E-state index in [0.717, 1.165) is 36.1 Å². The van der Waals surface area contributed by atoms with Crippen LogP contribution in [0.15, 0.2) is 16.6 Å². The quantitative estimate of drug-likeness (QED) is 0.920. The lowest BCUT2D eigenvalue weighted by Gasteiger charge is -2.27. The molecule has 2 nitrogen and oxygen atoms in total. The Morgan fingerprint density at radius 1 is 1.44 bits per heavy atom. The van der Waals surface area contributed by atoms with Crippen LogP contribution in [0.1, 0.15) is 38.3 Å². The molecule has 1 aromatic rings. The van der Waals surface area contributed by atoms with Crippen molar-refractivity contribution in [3.8, 4) is 5.75 Å². The Balaban J connectivity index is 2.24. The number of fused-ring (bicyclic) bond motifs is 1. The van der Waals surface area contributed by atoms with Crippen molar-refractivity contribution in [1.29, 1.82) is 0 Å². The van der Waals surface area contributed by atoms with Crippen molar-refractivity contribution in [2.45, 2.75) is 46.1 Å². The summed E-state index contributed by atoms with van der Waals surface area (Å²) in [5.41, 5.74) is 8.77. The zero-order valence-electron chi connectivity index (χ0n) is 11.4. The predicted octanol–water partition coefficient (Wildman–Crippen LogP) is 3.69. The molecule has 1 atom stereocenters. The highest BCUT2D eigenvalue weighted by atomic mass is 79.9. The van der Waals surface area contributed by atoms with E-state index in [1.165, 1.54) is 11.1 Å². The van der Waals surface area contributed by atoms with E-state index in [1.807, 2.05) is 0 Å². The van der Waals surface area contributed by atoms with Gasteiger partial charge in [0.25, 0.3) is 0 Å². The van der Waals surface area contributed by atoms with Crippen LogP contribution in [0.25, 0.3) is 0 Å². The van der Waals surface area contributed by atoms with Gasteiger partial charge in [0.05, 0.1) is 6.61 Å². The third kappa shape index (κ3) is 3.27. The third-order valence-electron chi connectivity index (χ3n) is 3.37. The smallest absolute Gasteiger partial charge is 0.125 e. The van der Waals surface area contributed by atoms with Crippen molar-refractivity contribution in [2.24, 2.45) is 11.1 Å². The molecule has 0 spiro atoms. The molecule has 1 heterocycles. The van der Waals surface area contributed by atoms with Crippen molar-refractivity contribution in [2.75, 3.05) is 6.61 Å². The topological polar surface area (TPSA) is 35.2 Å². The molecule has 1 aliphatic rings. The lowest BCUT2D eigenvalue weighted by atomic mass is 9.80. The maximum atomic E-state index is 5.93. The average Bonchev–Trinajstić information content (AvgIpc) is 2.61. The molecule has 0 saturated heterocycles. The molecule has 1 aromatic carbocycles. The van der Waals surface area contributed by atoms with Gasteiger partial charge in [-0.05, 0) is 48.4 Å². The summed E-state index contributed by atoms with van der Waals surface area (Å²) in [7, 11) is 0. The number of benzene rings is 1. The van der Waals surface area contributed by atoms with Gasteiger partial charge in [-0.3, -0.25) is 0 Å². The Kier molecular flexibility index (Phi) is 4.02. The highest BCUT2D eigenvalue weighted by molar-refractivity contribution is 9.10. The fraction of sp³-hybridized carbons (Fsp3) is 0.600. The number of hydrogen-bond acceptors (Lipinski definition) is 2. The van der Waals surface area contributed by atoms with Gasteiger partial charge < -0.3 is 10.5 Å². The van der Waals surface area contributed by atoms with Crippen LogP contribution in [0.4, 0.5) is 0 Å². The standard InChI is InChI=1S/C15H22BrNO/c1-10(17)8-15(2,3)9-12-7-13(16)6-11-4-5-18-14(11)12/h6-7,10H,4-5,8-9,17H2,1-3H3. The molecular weight excluding hydrogens is 290 g/mol. The zero-order valence-corrected chi connectivity index (χ0v) is 13.0. The van der Waals surface area contributed by atoms with E-state index in [-0.39, 0.29) is 11.5 Å². The van der Waals surface area contributed by atoms with E-state index in [4.69, 9.17) is 10.5 Å². The molecular formula is C15H22BrNO. The molecule has 18 heavy (non-hydrogen) atoms. The summed E-state index contributed by atoms with van der Waals surface area (Å²) in [6.45, 7) is 7.44. The van der Waals surface area contributed by atoms with Gasteiger partial charge in [0.1, 0.15) is 5.75 Å². The van der Waals surface area contributed by atoms with Crippen LogP contribution >= 0.6 is 15.9 Å². The van der Waals surface area contributed by atoms with Crippen LogP contribution in [0.5, 0.6) is 5.75 Å². The predicted molar refractivity (Wildman–Crippen MR) is 79.1 cm³/mol. The molecule has 0 aromatic heterocycles. The highest BCUT2D eigenvalue weighted by Gasteiger charge is 2.25. The van der Waals surface area contributed by atoms with Gasteiger partial charge in [-0.15, -0.1) is 0 Å². The highest BCUT2D eigenvalue weighted by Crippen LogP contribution is 2.37. The molecule has 1 aliphatic heterocycles. The Labute approximate surface area is 118 Å². The van der Waals surface area contributed by atoms with Gasteiger partial charge in [0.2, 0.25) is 0 Å². The van der Waals surface area contributed by atoms with E-state index >= 15 is 0 Å². The maximum Gasteiger partial charge on any atom is 0.125 e. The van der Waals surface area contributed by atoms with Gasteiger partial charge in [-0.25, -0.2) is 0 Å². The maximum absolute atomic E-state index is 5.93. The van der Waals surface area contributed by atoms with Crippen molar-refractivity contribution < 1.29 is 4.74 Å². The zero-order chi connectivity index (χ0) is 13.3. The summed E-state index contributed by atoms with van der Waals surface area (Å²) in [6, 6.07) is 4.60. The molecule has 100 valence electrons. The summed E-state index contributed by atoms with van der Waals surface area (Å²) in [5, 5.41) is 0. The van der Waals surface area contributed by atoms with Gasteiger partial charge in [-0.2, -0.15) is 0 Å².